The second-order valence-electron chi connectivity index (χ2n) is 5.26. The van der Waals surface area contributed by atoms with E-state index in [-0.39, 0.29) is 12.6 Å². The van der Waals surface area contributed by atoms with E-state index < -0.39 is 0 Å². The average molecular weight is 249 g/mol. The van der Waals surface area contributed by atoms with Crippen molar-refractivity contribution in [2.75, 3.05) is 11.7 Å². The molecule has 1 atom stereocenters. The van der Waals surface area contributed by atoms with Crippen LogP contribution in [-0.2, 0) is 0 Å². The molecule has 2 N–H and O–H groups in total. The highest BCUT2D eigenvalue weighted by atomic mass is 16.5. The molecule has 0 radical (unpaired) electrons. The zero-order chi connectivity index (χ0) is 12.8. The van der Waals surface area contributed by atoms with Crippen LogP contribution in [0.25, 0.3) is 0 Å². The summed E-state index contributed by atoms with van der Waals surface area (Å²) in [5.74, 6) is 0.647. The molecule has 0 amide bonds. The number of aliphatic hydroxyl groups is 1. The van der Waals surface area contributed by atoms with Gasteiger partial charge < -0.3 is 5.11 Å². The lowest BCUT2D eigenvalue weighted by Crippen LogP contribution is -2.37. The molecule has 18 heavy (non-hydrogen) atoms. The summed E-state index contributed by atoms with van der Waals surface area (Å²) >= 11 is 0. The monoisotopic (exact) mass is 249 g/mol. The van der Waals surface area contributed by atoms with E-state index in [0.29, 0.717) is 5.92 Å². The van der Waals surface area contributed by atoms with E-state index >= 15 is 0 Å². The molecule has 2 rings (SSSR count). The molecule has 0 unspecified atom stereocenters. The quantitative estimate of drug-likeness (QED) is 0.787. The second-order valence-corrected chi connectivity index (χ2v) is 5.26. The Labute approximate surface area is 109 Å². The van der Waals surface area contributed by atoms with Gasteiger partial charge in [-0.2, -0.15) is 0 Å². The summed E-state index contributed by atoms with van der Waals surface area (Å²) in [4.78, 5) is 0. The van der Waals surface area contributed by atoms with Crippen molar-refractivity contribution in [1.82, 2.24) is 0 Å². The van der Waals surface area contributed by atoms with E-state index in [1.54, 1.807) is 0 Å². The molecule has 0 aliphatic heterocycles. The number of anilines is 1. The van der Waals surface area contributed by atoms with Gasteiger partial charge >= 0.3 is 0 Å². The second kappa shape index (κ2) is 6.76. The maximum Gasteiger partial charge on any atom is 0.0796 e. The van der Waals surface area contributed by atoms with Crippen LogP contribution in [0.3, 0.4) is 0 Å². The number of para-hydroxylation sites is 1. The maximum atomic E-state index is 10.2. The van der Waals surface area contributed by atoms with Gasteiger partial charge in [-0.1, -0.05) is 50.3 Å². The fourth-order valence-corrected chi connectivity index (χ4v) is 2.85. The van der Waals surface area contributed by atoms with Gasteiger partial charge in [-0.15, -0.1) is 0 Å². The highest BCUT2D eigenvalue weighted by Crippen LogP contribution is 2.29. The first-order valence-corrected chi connectivity index (χ1v) is 6.95. The number of hydrogen-bond donors (Lipinski definition) is 2. The van der Waals surface area contributed by atoms with Gasteiger partial charge in [0, 0.05) is 0 Å². The van der Waals surface area contributed by atoms with E-state index in [9.17, 15) is 10.3 Å². The molecule has 1 aliphatic carbocycles. The van der Waals surface area contributed by atoms with Gasteiger partial charge in [0.1, 0.15) is 0 Å². The Kier molecular flexibility index (Phi) is 5.02. The molecule has 0 aromatic heterocycles. The third-order valence-corrected chi connectivity index (χ3v) is 3.91. The minimum Gasteiger partial charge on any atom is -0.394 e. The fourth-order valence-electron chi connectivity index (χ4n) is 2.85. The van der Waals surface area contributed by atoms with Crippen LogP contribution in [0.1, 0.15) is 38.5 Å². The van der Waals surface area contributed by atoms with Gasteiger partial charge in [0.05, 0.1) is 18.3 Å². The van der Waals surface area contributed by atoms with Crippen LogP contribution in [0.4, 0.5) is 5.69 Å². The zero-order valence-electron chi connectivity index (χ0n) is 10.8. The van der Waals surface area contributed by atoms with Crippen molar-refractivity contribution in [2.45, 2.75) is 44.6 Å². The van der Waals surface area contributed by atoms with Crippen molar-refractivity contribution in [1.29, 1.82) is 0 Å². The highest BCUT2D eigenvalue weighted by Gasteiger charge is 2.22. The number of rotatable bonds is 5. The molecule has 100 valence electrons. The summed E-state index contributed by atoms with van der Waals surface area (Å²) in [5, 5.41) is 20.9. The van der Waals surface area contributed by atoms with Crippen LogP contribution < -0.4 is 5.06 Å². The molecule has 3 nitrogen and oxygen atoms in total. The molecule has 1 aromatic rings. The van der Waals surface area contributed by atoms with E-state index in [0.717, 1.165) is 12.1 Å². The van der Waals surface area contributed by atoms with Crippen molar-refractivity contribution >= 4 is 5.69 Å². The van der Waals surface area contributed by atoms with Crippen molar-refractivity contribution in [3.05, 3.63) is 30.3 Å². The lowest BCUT2D eigenvalue weighted by Gasteiger charge is -2.31. The van der Waals surface area contributed by atoms with Gasteiger partial charge in [0.15, 0.2) is 0 Å². The van der Waals surface area contributed by atoms with Gasteiger partial charge in [0.25, 0.3) is 0 Å². The van der Waals surface area contributed by atoms with Crippen molar-refractivity contribution < 1.29 is 10.3 Å². The Morgan fingerprint density at radius 1 is 1.11 bits per heavy atom. The first kappa shape index (κ1) is 13.4. The number of aliphatic hydroxyl groups excluding tert-OH is 1. The van der Waals surface area contributed by atoms with Crippen LogP contribution in [0.15, 0.2) is 30.3 Å². The molecular formula is C15H23NO2. The SMILES string of the molecule is OC[C@H](CC1CCCCC1)N(O)c1ccccc1. The Balaban J connectivity index is 1.95. The Morgan fingerprint density at radius 3 is 2.39 bits per heavy atom. The number of hydroxylamine groups is 1. The van der Waals surface area contributed by atoms with Crippen LogP contribution in [-0.4, -0.2) is 23.0 Å². The standard InChI is InChI=1S/C15H23NO2/c17-12-15(11-13-7-3-1-4-8-13)16(18)14-9-5-2-6-10-14/h2,5-6,9-10,13,15,17-18H,1,3-4,7-8,11-12H2/t15-/m0/s1. The predicted molar refractivity (Wildman–Crippen MR) is 72.8 cm³/mol. The van der Waals surface area contributed by atoms with Crippen molar-refractivity contribution in [3.8, 4) is 0 Å². The van der Waals surface area contributed by atoms with E-state index in [4.69, 9.17) is 0 Å². The average Bonchev–Trinajstić information content (AvgIpc) is 2.46. The third kappa shape index (κ3) is 3.47. The van der Waals surface area contributed by atoms with Crippen molar-refractivity contribution in [2.24, 2.45) is 5.92 Å². The topological polar surface area (TPSA) is 43.7 Å². The van der Waals surface area contributed by atoms with E-state index in [1.807, 2.05) is 30.3 Å². The Morgan fingerprint density at radius 2 is 1.78 bits per heavy atom. The first-order valence-electron chi connectivity index (χ1n) is 6.95. The highest BCUT2D eigenvalue weighted by molar-refractivity contribution is 5.43. The molecule has 1 fully saturated rings. The normalized spacial score (nSPS) is 18.6. The molecule has 0 heterocycles. The molecule has 1 saturated carbocycles. The molecule has 0 spiro atoms. The molecule has 0 saturated heterocycles. The number of benzene rings is 1. The van der Waals surface area contributed by atoms with Crippen LogP contribution in [0.5, 0.6) is 0 Å². The number of nitrogens with zero attached hydrogens (tertiary/aromatic N) is 1. The first-order chi connectivity index (χ1) is 8.81. The van der Waals surface area contributed by atoms with Crippen LogP contribution >= 0.6 is 0 Å². The summed E-state index contributed by atoms with van der Waals surface area (Å²) in [6, 6.07) is 9.26. The molecule has 1 aliphatic rings. The molecule has 1 aromatic carbocycles. The number of hydrogen-bond acceptors (Lipinski definition) is 3. The van der Waals surface area contributed by atoms with E-state index in [2.05, 4.69) is 0 Å². The van der Waals surface area contributed by atoms with Crippen LogP contribution in [0, 0.1) is 5.92 Å². The summed E-state index contributed by atoms with van der Waals surface area (Å²) < 4.78 is 0. The van der Waals surface area contributed by atoms with Crippen LogP contribution in [0.2, 0.25) is 0 Å². The largest absolute Gasteiger partial charge is 0.394 e. The third-order valence-electron chi connectivity index (χ3n) is 3.91. The van der Waals surface area contributed by atoms with Gasteiger partial charge in [-0.05, 0) is 24.5 Å². The Hall–Kier alpha value is -1.06. The zero-order valence-corrected chi connectivity index (χ0v) is 10.8. The summed E-state index contributed by atoms with van der Waals surface area (Å²) in [5.41, 5.74) is 0.757. The summed E-state index contributed by atoms with van der Waals surface area (Å²) in [6.07, 6.45) is 7.27. The Bertz CT molecular complexity index is 336. The minimum atomic E-state index is -0.185. The van der Waals surface area contributed by atoms with Gasteiger partial charge in [0.2, 0.25) is 0 Å². The predicted octanol–water partition coefficient (Wildman–Crippen LogP) is 3.21. The summed E-state index contributed by atoms with van der Waals surface area (Å²) in [6.45, 7) is 0.00188. The van der Waals surface area contributed by atoms with Gasteiger partial charge in [-0.3, -0.25) is 10.3 Å². The van der Waals surface area contributed by atoms with Crippen molar-refractivity contribution in [3.63, 3.8) is 0 Å². The lowest BCUT2D eigenvalue weighted by atomic mass is 9.85. The smallest absolute Gasteiger partial charge is 0.0796 e. The maximum absolute atomic E-state index is 10.2. The fraction of sp³-hybridized carbons (Fsp3) is 0.600. The van der Waals surface area contributed by atoms with E-state index in [1.165, 1.54) is 37.2 Å². The summed E-state index contributed by atoms with van der Waals surface area (Å²) in [7, 11) is 0. The molecule has 0 bridgehead atoms. The minimum absolute atomic E-state index is 0.00188. The molecular weight excluding hydrogens is 226 g/mol. The molecule has 3 heteroatoms. The van der Waals surface area contributed by atoms with Gasteiger partial charge in [-0.25, -0.2) is 0 Å². The lowest BCUT2D eigenvalue weighted by molar-refractivity contribution is 0.137.